The molecule has 3 rings (SSSR count). The van der Waals surface area contributed by atoms with E-state index in [-0.39, 0.29) is 12.0 Å². The van der Waals surface area contributed by atoms with Crippen molar-refractivity contribution in [3.8, 4) is 0 Å². The van der Waals surface area contributed by atoms with Gasteiger partial charge in [-0.3, -0.25) is 0 Å². The first-order valence-electron chi connectivity index (χ1n) is 8.61. The lowest BCUT2D eigenvalue weighted by Crippen LogP contribution is -2.41. The zero-order valence-electron chi connectivity index (χ0n) is 15.4. The number of carboxylic acid groups (broad SMARTS) is 1. The minimum atomic E-state index is -1.04. The quantitative estimate of drug-likeness (QED) is 0.808. The van der Waals surface area contributed by atoms with E-state index in [2.05, 4.69) is 5.32 Å². The van der Waals surface area contributed by atoms with Crippen molar-refractivity contribution in [1.82, 2.24) is 0 Å². The number of aromatic carboxylic acids is 1. The molecule has 0 saturated carbocycles. The van der Waals surface area contributed by atoms with Crippen LogP contribution in [0.2, 0.25) is 0 Å². The van der Waals surface area contributed by atoms with Crippen molar-refractivity contribution in [3.05, 3.63) is 47.7 Å². The predicted octanol–water partition coefficient (Wildman–Crippen LogP) is 3.28. The Morgan fingerprint density at radius 2 is 1.92 bits per heavy atom. The van der Waals surface area contributed by atoms with Gasteiger partial charge in [0.15, 0.2) is 0 Å². The second-order valence-electron chi connectivity index (χ2n) is 7.59. The van der Waals surface area contributed by atoms with Gasteiger partial charge in [-0.05, 0) is 57.4 Å². The van der Waals surface area contributed by atoms with Crippen LogP contribution in [-0.2, 0) is 9.31 Å². The van der Waals surface area contributed by atoms with E-state index in [1.54, 1.807) is 24.3 Å². The molecule has 138 valence electrons. The summed E-state index contributed by atoms with van der Waals surface area (Å²) >= 11 is 0. The molecule has 2 N–H and O–H groups in total. The average molecular weight is 359 g/mol. The maximum atomic E-state index is 13.2. The van der Waals surface area contributed by atoms with Crippen molar-refractivity contribution in [1.29, 1.82) is 0 Å². The third-order valence-electron chi connectivity index (χ3n) is 5.13. The molecule has 1 saturated heterocycles. The molecule has 1 aliphatic carbocycles. The fraction of sp³-hybridized carbons (Fsp3) is 0.421. The number of hydrogen-bond acceptors (Lipinski definition) is 4. The molecule has 0 radical (unpaired) electrons. The van der Waals surface area contributed by atoms with Crippen LogP contribution in [0.15, 0.2) is 42.1 Å². The van der Waals surface area contributed by atoms with E-state index in [4.69, 9.17) is 9.31 Å². The van der Waals surface area contributed by atoms with Gasteiger partial charge in [-0.15, -0.1) is 0 Å². The molecule has 0 spiro atoms. The number of halogens is 1. The summed E-state index contributed by atoms with van der Waals surface area (Å²) in [5.74, 6) is -1.04. The Morgan fingerprint density at radius 1 is 1.27 bits per heavy atom. The molecule has 0 aromatic heterocycles. The summed E-state index contributed by atoms with van der Waals surface area (Å²) in [6.45, 7) is 7.84. The van der Waals surface area contributed by atoms with Crippen LogP contribution >= 0.6 is 0 Å². The molecule has 1 atom stereocenters. The van der Waals surface area contributed by atoms with Gasteiger partial charge in [-0.1, -0.05) is 12.1 Å². The van der Waals surface area contributed by atoms with Crippen molar-refractivity contribution < 1.29 is 23.6 Å². The highest BCUT2D eigenvalue weighted by Crippen LogP contribution is 2.36. The molecule has 1 aliphatic heterocycles. The minimum absolute atomic E-state index is 0.127. The molecule has 7 heteroatoms. The van der Waals surface area contributed by atoms with Gasteiger partial charge >= 0.3 is 13.1 Å². The van der Waals surface area contributed by atoms with Crippen molar-refractivity contribution in [3.63, 3.8) is 0 Å². The SMILES string of the molecule is CC1(C)OB(c2ccc(C(=O)O)c(NC3=CCC(F)C=C3)c2)OC1(C)C. The fourth-order valence-corrected chi connectivity index (χ4v) is 2.82. The zero-order chi connectivity index (χ0) is 19.1. The van der Waals surface area contributed by atoms with Crippen LogP contribution < -0.4 is 10.8 Å². The maximum Gasteiger partial charge on any atom is 0.494 e. The van der Waals surface area contributed by atoms with Gasteiger partial charge in [0.25, 0.3) is 0 Å². The lowest BCUT2D eigenvalue weighted by molar-refractivity contribution is 0.00578. The van der Waals surface area contributed by atoms with E-state index in [1.807, 2.05) is 27.7 Å². The fourth-order valence-electron chi connectivity index (χ4n) is 2.82. The Kier molecular flexibility index (Phi) is 4.71. The number of allylic oxidation sites excluding steroid dienone is 3. The van der Waals surface area contributed by atoms with Crippen molar-refractivity contribution in [2.45, 2.75) is 51.5 Å². The second-order valence-corrected chi connectivity index (χ2v) is 7.59. The number of carbonyl (C=O) groups is 1. The van der Waals surface area contributed by atoms with Crippen LogP contribution in [0.3, 0.4) is 0 Å². The highest BCUT2D eigenvalue weighted by Gasteiger charge is 2.51. The molecule has 0 amide bonds. The summed E-state index contributed by atoms with van der Waals surface area (Å²) in [5.41, 5.74) is 0.954. The molecule has 1 heterocycles. The molecule has 2 aliphatic rings. The van der Waals surface area contributed by atoms with Gasteiger partial charge in [0.2, 0.25) is 0 Å². The van der Waals surface area contributed by atoms with Gasteiger partial charge in [-0.25, -0.2) is 9.18 Å². The third-order valence-corrected chi connectivity index (χ3v) is 5.13. The number of rotatable bonds is 4. The predicted molar refractivity (Wildman–Crippen MR) is 99.5 cm³/mol. The van der Waals surface area contributed by atoms with E-state index in [0.29, 0.717) is 11.4 Å². The van der Waals surface area contributed by atoms with Crippen molar-refractivity contribution in [2.24, 2.45) is 0 Å². The van der Waals surface area contributed by atoms with Crippen LogP contribution in [0.4, 0.5) is 10.1 Å². The topological polar surface area (TPSA) is 67.8 Å². The van der Waals surface area contributed by atoms with Gasteiger partial charge in [-0.2, -0.15) is 0 Å². The van der Waals surface area contributed by atoms with E-state index in [1.165, 1.54) is 12.1 Å². The second kappa shape index (κ2) is 6.56. The monoisotopic (exact) mass is 359 g/mol. The molecular weight excluding hydrogens is 336 g/mol. The average Bonchev–Trinajstić information content (AvgIpc) is 2.77. The number of benzene rings is 1. The molecule has 1 aromatic carbocycles. The Morgan fingerprint density at radius 3 is 2.46 bits per heavy atom. The smallest absolute Gasteiger partial charge is 0.478 e. The Hall–Kier alpha value is -2.12. The first kappa shape index (κ1) is 18.7. The Labute approximate surface area is 153 Å². The lowest BCUT2D eigenvalue weighted by Gasteiger charge is -2.32. The third kappa shape index (κ3) is 3.55. The minimum Gasteiger partial charge on any atom is -0.478 e. The van der Waals surface area contributed by atoms with Gasteiger partial charge in [0.05, 0.1) is 22.5 Å². The number of hydrogen-bond donors (Lipinski definition) is 2. The number of anilines is 1. The Bertz CT molecular complexity index is 772. The highest BCUT2D eigenvalue weighted by molar-refractivity contribution is 6.62. The van der Waals surface area contributed by atoms with Crippen LogP contribution in [0.1, 0.15) is 44.5 Å². The Balaban J connectivity index is 1.90. The van der Waals surface area contributed by atoms with Crippen LogP contribution in [0, 0.1) is 0 Å². The van der Waals surface area contributed by atoms with E-state index >= 15 is 0 Å². The van der Waals surface area contributed by atoms with Crippen LogP contribution in [0.5, 0.6) is 0 Å². The van der Waals surface area contributed by atoms with Crippen LogP contribution in [0.25, 0.3) is 0 Å². The van der Waals surface area contributed by atoms with E-state index in [9.17, 15) is 14.3 Å². The molecule has 1 unspecified atom stereocenters. The molecule has 1 fully saturated rings. The van der Waals surface area contributed by atoms with Crippen molar-refractivity contribution in [2.75, 3.05) is 5.32 Å². The number of nitrogens with one attached hydrogen (secondary N) is 1. The number of carboxylic acids is 1. The van der Waals surface area contributed by atoms with E-state index < -0.39 is 30.5 Å². The summed E-state index contributed by atoms with van der Waals surface area (Å²) in [7, 11) is -0.588. The summed E-state index contributed by atoms with van der Waals surface area (Å²) in [4.78, 5) is 11.6. The number of alkyl halides is 1. The van der Waals surface area contributed by atoms with Gasteiger partial charge in [0, 0.05) is 12.1 Å². The molecule has 1 aromatic rings. The molecule has 5 nitrogen and oxygen atoms in total. The van der Waals surface area contributed by atoms with Gasteiger partial charge < -0.3 is 19.7 Å². The normalized spacial score (nSPS) is 23.7. The largest absolute Gasteiger partial charge is 0.494 e. The lowest BCUT2D eigenvalue weighted by atomic mass is 9.78. The molecular formula is C19H23BFNO4. The van der Waals surface area contributed by atoms with Gasteiger partial charge in [0.1, 0.15) is 6.17 Å². The standard InChI is InChI=1S/C19H23BFNO4/c1-18(2)19(3,4)26-20(25-18)12-5-10-15(17(23)24)16(11-12)22-14-8-6-13(21)7-9-14/h5-6,8-11,13,22H,7H2,1-4H3,(H,23,24). The first-order chi connectivity index (χ1) is 12.1. The first-order valence-corrected chi connectivity index (χ1v) is 8.61. The van der Waals surface area contributed by atoms with E-state index in [0.717, 1.165) is 5.46 Å². The summed E-state index contributed by atoms with van der Waals surface area (Å²) < 4.78 is 25.3. The summed E-state index contributed by atoms with van der Waals surface area (Å²) in [6.07, 6.45) is 4.02. The zero-order valence-corrected chi connectivity index (χ0v) is 15.4. The molecule has 26 heavy (non-hydrogen) atoms. The maximum absolute atomic E-state index is 13.2. The molecule has 0 bridgehead atoms. The summed E-state index contributed by atoms with van der Waals surface area (Å²) in [6, 6.07) is 4.93. The van der Waals surface area contributed by atoms with Crippen LogP contribution in [-0.4, -0.2) is 35.6 Å². The van der Waals surface area contributed by atoms with Crippen molar-refractivity contribution >= 4 is 24.2 Å². The summed E-state index contributed by atoms with van der Waals surface area (Å²) in [5, 5.41) is 12.5. The highest BCUT2D eigenvalue weighted by atomic mass is 19.1.